The van der Waals surface area contributed by atoms with E-state index in [9.17, 15) is 8.42 Å². The summed E-state index contributed by atoms with van der Waals surface area (Å²) in [7, 11) is -3.41. The fraction of sp³-hybridized carbons (Fsp3) is 0.357. The van der Waals surface area contributed by atoms with Gasteiger partial charge in [-0.1, -0.05) is 6.92 Å². The molecule has 21 heavy (non-hydrogen) atoms. The zero-order chi connectivity index (χ0) is 15.5. The molecule has 0 radical (unpaired) electrons. The van der Waals surface area contributed by atoms with Crippen molar-refractivity contribution in [1.82, 2.24) is 9.71 Å². The monoisotopic (exact) mass is 309 g/mol. The summed E-state index contributed by atoms with van der Waals surface area (Å²) in [4.78, 5) is 4.40. The molecule has 0 bridgehead atoms. The van der Waals surface area contributed by atoms with E-state index in [-0.39, 0.29) is 10.9 Å². The average Bonchev–Trinajstić information content (AvgIpc) is 2.86. The Balaban J connectivity index is 2.09. The number of aromatic nitrogens is 1. The van der Waals surface area contributed by atoms with Crippen molar-refractivity contribution >= 4 is 15.7 Å². The third-order valence-electron chi connectivity index (χ3n) is 2.89. The van der Waals surface area contributed by atoms with E-state index in [1.54, 1.807) is 37.4 Å². The van der Waals surface area contributed by atoms with E-state index in [0.717, 1.165) is 11.4 Å². The van der Waals surface area contributed by atoms with Crippen molar-refractivity contribution in [3.63, 3.8) is 0 Å². The summed E-state index contributed by atoms with van der Waals surface area (Å²) >= 11 is 0. The average molecular weight is 309 g/mol. The van der Waals surface area contributed by atoms with Gasteiger partial charge in [0.25, 0.3) is 0 Å². The van der Waals surface area contributed by atoms with E-state index in [1.165, 1.54) is 0 Å². The molecule has 1 atom stereocenters. The highest BCUT2D eigenvalue weighted by Crippen LogP contribution is 2.20. The molecule has 0 fully saturated rings. The van der Waals surface area contributed by atoms with Crippen LogP contribution in [-0.2, 0) is 10.0 Å². The number of anilines is 1. The molecule has 0 aliphatic heterocycles. The van der Waals surface area contributed by atoms with E-state index < -0.39 is 10.0 Å². The molecule has 2 aromatic rings. The van der Waals surface area contributed by atoms with Crippen LogP contribution in [0.4, 0.5) is 5.69 Å². The van der Waals surface area contributed by atoms with Gasteiger partial charge in [-0.15, -0.1) is 0 Å². The fourth-order valence-electron chi connectivity index (χ4n) is 1.89. The molecule has 0 aliphatic rings. The molecule has 0 amide bonds. The van der Waals surface area contributed by atoms with Gasteiger partial charge < -0.3 is 9.73 Å². The lowest BCUT2D eigenvalue weighted by Gasteiger charge is -2.12. The molecule has 6 nitrogen and oxygen atoms in total. The predicted octanol–water partition coefficient (Wildman–Crippen LogP) is 2.45. The molecule has 0 aliphatic carbocycles. The van der Waals surface area contributed by atoms with Gasteiger partial charge in [-0.25, -0.2) is 18.1 Å². The van der Waals surface area contributed by atoms with Crippen LogP contribution in [0.5, 0.6) is 0 Å². The van der Waals surface area contributed by atoms with E-state index in [2.05, 4.69) is 15.0 Å². The maximum Gasteiger partial charge on any atom is 0.240 e. The lowest BCUT2D eigenvalue weighted by atomic mass is 10.2. The third-order valence-corrected chi connectivity index (χ3v) is 4.45. The molecular weight excluding hydrogens is 290 g/mol. The van der Waals surface area contributed by atoms with Crippen LogP contribution in [0, 0.1) is 6.92 Å². The second-order valence-corrected chi connectivity index (χ2v) is 6.47. The Hall–Kier alpha value is -1.86. The Morgan fingerprint density at radius 2 is 1.95 bits per heavy atom. The van der Waals surface area contributed by atoms with Crippen molar-refractivity contribution in [3.8, 4) is 0 Å². The molecule has 2 N–H and O–H groups in total. The minimum Gasteiger partial charge on any atom is -0.444 e. The first-order valence-corrected chi connectivity index (χ1v) is 8.19. The maximum atomic E-state index is 11.8. The number of sulfonamides is 1. The minimum atomic E-state index is -3.41. The molecule has 114 valence electrons. The van der Waals surface area contributed by atoms with Crippen LogP contribution in [0.1, 0.15) is 31.5 Å². The van der Waals surface area contributed by atoms with Crippen LogP contribution < -0.4 is 10.0 Å². The van der Waals surface area contributed by atoms with Crippen LogP contribution in [0.3, 0.4) is 0 Å². The lowest BCUT2D eigenvalue weighted by molar-refractivity contribution is 0.453. The molecular formula is C14H19N3O3S. The standard InChI is InChI=1S/C14H19N3O3S/c1-4-16-21(18,19)13-7-5-12(6-8-13)17-11(3)14-15-9-10(2)20-14/h5-9,11,16-17H,4H2,1-3H3. The topological polar surface area (TPSA) is 84.2 Å². The highest BCUT2D eigenvalue weighted by Gasteiger charge is 2.14. The third kappa shape index (κ3) is 3.83. The van der Waals surface area contributed by atoms with Crippen LogP contribution in [0.2, 0.25) is 0 Å². The molecule has 7 heteroatoms. The van der Waals surface area contributed by atoms with Gasteiger partial charge in [-0.3, -0.25) is 0 Å². The molecule has 0 saturated carbocycles. The Morgan fingerprint density at radius 1 is 1.29 bits per heavy atom. The Labute approximate surface area is 124 Å². The number of oxazole rings is 1. The van der Waals surface area contributed by atoms with Crippen molar-refractivity contribution in [2.24, 2.45) is 0 Å². The van der Waals surface area contributed by atoms with Gasteiger partial charge in [0.2, 0.25) is 15.9 Å². The van der Waals surface area contributed by atoms with Gasteiger partial charge >= 0.3 is 0 Å². The highest BCUT2D eigenvalue weighted by molar-refractivity contribution is 7.89. The van der Waals surface area contributed by atoms with Gasteiger partial charge in [-0.05, 0) is 38.1 Å². The smallest absolute Gasteiger partial charge is 0.240 e. The number of nitrogens with zero attached hydrogens (tertiary/aromatic N) is 1. The van der Waals surface area contributed by atoms with Crippen LogP contribution in [0.15, 0.2) is 39.8 Å². The Morgan fingerprint density at radius 3 is 2.48 bits per heavy atom. The first-order chi connectivity index (χ1) is 9.92. The van der Waals surface area contributed by atoms with E-state index in [0.29, 0.717) is 12.4 Å². The summed E-state index contributed by atoms with van der Waals surface area (Å²) in [5.41, 5.74) is 0.800. The lowest BCUT2D eigenvalue weighted by Crippen LogP contribution is -2.23. The van der Waals surface area contributed by atoms with Crippen molar-refractivity contribution in [2.75, 3.05) is 11.9 Å². The first kappa shape index (κ1) is 15.5. The minimum absolute atomic E-state index is 0.102. The van der Waals surface area contributed by atoms with E-state index in [4.69, 9.17) is 4.42 Å². The van der Waals surface area contributed by atoms with Crippen molar-refractivity contribution in [1.29, 1.82) is 0 Å². The van der Waals surface area contributed by atoms with Crippen LogP contribution in [-0.4, -0.2) is 19.9 Å². The molecule has 1 unspecified atom stereocenters. The van der Waals surface area contributed by atoms with E-state index >= 15 is 0 Å². The second kappa shape index (κ2) is 6.28. The molecule has 2 rings (SSSR count). The molecule has 1 heterocycles. The summed E-state index contributed by atoms with van der Waals surface area (Å²) in [6.07, 6.45) is 1.67. The molecule has 0 saturated heterocycles. The number of hydrogen-bond acceptors (Lipinski definition) is 5. The van der Waals surface area contributed by atoms with Gasteiger partial charge in [0, 0.05) is 12.2 Å². The van der Waals surface area contributed by atoms with Crippen molar-refractivity contribution < 1.29 is 12.8 Å². The SMILES string of the molecule is CCNS(=O)(=O)c1ccc(NC(C)c2ncc(C)o2)cc1. The fourth-order valence-corrected chi connectivity index (χ4v) is 2.93. The summed E-state index contributed by atoms with van der Waals surface area (Å²) in [6.45, 7) is 5.87. The number of aryl methyl sites for hydroxylation is 1. The summed E-state index contributed by atoms with van der Waals surface area (Å²) in [5.74, 6) is 1.35. The van der Waals surface area contributed by atoms with Crippen LogP contribution >= 0.6 is 0 Å². The number of benzene rings is 1. The van der Waals surface area contributed by atoms with Gasteiger partial charge in [0.15, 0.2) is 0 Å². The van der Waals surface area contributed by atoms with Gasteiger partial charge in [0.1, 0.15) is 11.8 Å². The second-order valence-electron chi connectivity index (χ2n) is 4.70. The molecule has 1 aromatic carbocycles. The Bertz CT molecular complexity index is 693. The normalized spacial score (nSPS) is 13.1. The van der Waals surface area contributed by atoms with E-state index in [1.807, 2.05) is 13.8 Å². The highest BCUT2D eigenvalue weighted by atomic mass is 32.2. The maximum absolute atomic E-state index is 11.8. The molecule has 1 aromatic heterocycles. The quantitative estimate of drug-likeness (QED) is 0.856. The van der Waals surface area contributed by atoms with Crippen molar-refractivity contribution in [3.05, 3.63) is 42.1 Å². The van der Waals surface area contributed by atoms with Crippen molar-refractivity contribution in [2.45, 2.75) is 31.7 Å². The van der Waals surface area contributed by atoms with Crippen LogP contribution in [0.25, 0.3) is 0 Å². The zero-order valence-corrected chi connectivity index (χ0v) is 13.1. The number of nitrogens with one attached hydrogen (secondary N) is 2. The number of hydrogen-bond donors (Lipinski definition) is 2. The zero-order valence-electron chi connectivity index (χ0n) is 12.3. The number of rotatable bonds is 6. The first-order valence-electron chi connectivity index (χ1n) is 6.71. The predicted molar refractivity (Wildman–Crippen MR) is 80.6 cm³/mol. The van der Waals surface area contributed by atoms with Gasteiger partial charge in [-0.2, -0.15) is 0 Å². The summed E-state index contributed by atoms with van der Waals surface area (Å²) in [6, 6.07) is 6.46. The largest absolute Gasteiger partial charge is 0.444 e. The summed E-state index contributed by atoms with van der Waals surface area (Å²) in [5, 5.41) is 3.21. The summed E-state index contributed by atoms with van der Waals surface area (Å²) < 4.78 is 31.6. The Kier molecular flexibility index (Phi) is 4.64. The molecule has 0 spiro atoms. The van der Waals surface area contributed by atoms with Gasteiger partial charge in [0.05, 0.1) is 11.1 Å².